The van der Waals surface area contributed by atoms with Crippen LogP contribution in [0.2, 0.25) is 0 Å². The number of nitrogens with zero attached hydrogens (tertiary/aromatic N) is 1. The van der Waals surface area contributed by atoms with Crippen molar-refractivity contribution in [2.75, 3.05) is 0 Å². The minimum Gasteiger partial charge on any atom is -0.252 e. The van der Waals surface area contributed by atoms with Gasteiger partial charge in [-0.2, -0.15) is 0 Å². The van der Waals surface area contributed by atoms with Crippen LogP contribution in [0.25, 0.3) is 21.7 Å². The van der Waals surface area contributed by atoms with Gasteiger partial charge in [-0.05, 0) is 18.4 Å². The molecule has 1 aromatic heterocycles. The quantitative estimate of drug-likeness (QED) is 0.496. The molecule has 0 saturated carbocycles. The van der Waals surface area contributed by atoms with E-state index in [0.717, 1.165) is 16.6 Å². The van der Waals surface area contributed by atoms with Crippen molar-refractivity contribution in [2.24, 2.45) is 0 Å². The van der Waals surface area contributed by atoms with E-state index in [-0.39, 0.29) is 0 Å². The summed E-state index contributed by atoms with van der Waals surface area (Å²) >= 11 is 0. The molecule has 0 spiro atoms. The number of para-hydroxylation sites is 1. The maximum atomic E-state index is 4.49. The highest BCUT2D eigenvalue weighted by molar-refractivity contribution is 6.06. The van der Waals surface area contributed by atoms with Crippen molar-refractivity contribution >= 4 is 21.7 Å². The molecule has 0 amide bonds. The summed E-state index contributed by atoms with van der Waals surface area (Å²) in [4.78, 5) is 4.49. The van der Waals surface area contributed by atoms with E-state index in [9.17, 15) is 0 Å². The summed E-state index contributed by atoms with van der Waals surface area (Å²) in [5.74, 6) is 0. The predicted octanol–water partition coefficient (Wildman–Crippen LogP) is 3.57. The number of hydrogen-bond acceptors (Lipinski definition) is 1. The van der Waals surface area contributed by atoms with E-state index >= 15 is 0 Å². The summed E-state index contributed by atoms with van der Waals surface area (Å²) in [5.41, 5.74) is 1.87. The molecule has 15 heavy (non-hydrogen) atoms. The van der Waals surface area contributed by atoms with Crippen molar-refractivity contribution in [2.45, 2.75) is 0 Å². The Bertz CT molecular complexity index is 641. The van der Waals surface area contributed by atoms with Crippen molar-refractivity contribution < 1.29 is 0 Å². The van der Waals surface area contributed by atoms with Crippen LogP contribution in [-0.2, 0) is 0 Å². The zero-order chi connectivity index (χ0) is 10.3. The van der Waals surface area contributed by atoms with Crippen molar-refractivity contribution in [3.05, 3.63) is 61.1 Å². The van der Waals surface area contributed by atoms with Crippen LogP contribution in [0.15, 0.2) is 48.5 Å². The molecule has 1 nitrogen and oxygen atoms in total. The Kier molecular flexibility index (Phi) is 1.72. The van der Waals surface area contributed by atoms with Gasteiger partial charge in [-0.25, -0.2) is 0 Å². The fourth-order valence-electron chi connectivity index (χ4n) is 1.97. The van der Waals surface area contributed by atoms with Gasteiger partial charge in [0.2, 0.25) is 0 Å². The number of rotatable bonds is 0. The molecule has 1 heterocycles. The molecule has 1 radical (unpaired) electrons. The molecule has 0 atom stereocenters. The molecular weight excluding hydrogens is 182 g/mol. The van der Waals surface area contributed by atoms with Gasteiger partial charge in [-0.1, -0.05) is 42.5 Å². The second-order valence-electron chi connectivity index (χ2n) is 3.62. The van der Waals surface area contributed by atoms with Crippen molar-refractivity contribution in [3.63, 3.8) is 0 Å². The summed E-state index contributed by atoms with van der Waals surface area (Å²) in [6.07, 6.45) is 0. The molecule has 0 unspecified atom stereocenters. The van der Waals surface area contributed by atoms with E-state index in [4.69, 9.17) is 0 Å². The Morgan fingerprint density at radius 3 is 2.13 bits per heavy atom. The Morgan fingerprint density at radius 1 is 0.733 bits per heavy atom. The van der Waals surface area contributed by atoms with Gasteiger partial charge in [0.25, 0.3) is 0 Å². The molecular formula is C14H10N. The highest BCUT2D eigenvalue weighted by atomic mass is 14.7. The summed E-state index contributed by atoms with van der Waals surface area (Å²) in [7, 11) is 0. The predicted molar refractivity (Wildman–Crippen MR) is 63.7 cm³/mol. The van der Waals surface area contributed by atoms with E-state index in [0.29, 0.717) is 0 Å². The van der Waals surface area contributed by atoms with Crippen molar-refractivity contribution in [1.82, 2.24) is 4.98 Å². The third kappa shape index (κ3) is 1.20. The van der Waals surface area contributed by atoms with Gasteiger partial charge in [0.1, 0.15) is 0 Å². The molecule has 0 aliphatic rings. The molecule has 0 aliphatic heterocycles. The first-order chi connectivity index (χ1) is 7.36. The molecule has 0 saturated heterocycles. The van der Waals surface area contributed by atoms with Crippen LogP contribution < -0.4 is 0 Å². The number of benzene rings is 2. The van der Waals surface area contributed by atoms with Gasteiger partial charge in [-0.3, -0.25) is 4.98 Å². The molecule has 0 N–H and O–H groups in total. The van der Waals surface area contributed by atoms with E-state index in [1.807, 2.05) is 30.3 Å². The summed E-state index contributed by atoms with van der Waals surface area (Å²) in [6, 6.07) is 16.4. The molecule has 0 fully saturated rings. The highest BCUT2D eigenvalue weighted by Gasteiger charge is 2.03. The fourth-order valence-corrected chi connectivity index (χ4v) is 1.97. The first-order valence-electron chi connectivity index (χ1n) is 4.96. The molecule has 0 aliphatic carbocycles. The molecule has 3 rings (SSSR count). The van der Waals surface area contributed by atoms with Gasteiger partial charge in [-0.15, -0.1) is 0 Å². The lowest BCUT2D eigenvalue weighted by Gasteiger charge is -2.05. The zero-order valence-electron chi connectivity index (χ0n) is 8.27. The van der Waals surface area contributed by atoms with Crippen LogP contribution >= 0.6 is 0 Å². The number of hydrogen-bond donors (Lipinski definition) is 0. The topological polar surface area (TPSA) is 12.9 Å². The smallest absolute Gasteiger partial charge is 0.0711 e. The first-order valence-corrected chi connectivity index (χ1v) is 4.96. The highest BCUT2D eigenvalue weighted by Crippen LogP contribution is 2.25. The normalized spacial score (nSPS) is 11.0. The van der Waals surface area contributed by atoms with Crippen LogP contribution in [0, 0.1) is 6.92 Å². The van der Waals surface area contributed by atoms with Crippen LogP contribution in [0.3, 0.4) is 0 Å². The van der Waals surface area contributed by atoms with Crippen LogP contribution in [-0.4, -0.2) is 4.98 Å². The summed E-state index contributed by atoms with van der Waals surface area (Å²) < 4.78 is 0. The SMILES string of the molecule is [CH2]c1nc2ccccc2c2ccccc12. The maximum Gasteiger partial charge on any atom is 0.0711 e. The van der Waals surface area contributed by atoms with Crippen LogP contribution in [0.5, 0.6) is 0 Å². The summed E-state index contributed by atoms with van der Waals surface area (Å²) in [5, 5.41) is 3.56. The molecule has 1 heteroatoms. The molecule has 0 bridgehead atoms. The van der Waals surface area contributed by atoms with E-state index in [1.54, 1.807) is 0 Å². The molecule has 3 aromatic rings. The van der Waals surface area contributed by atoms with Crippen molar-refractivity contribution in [1.29, 1.82) is 0 Å². The standard InChI is InChI=1S/C14H10N/c1-10-11-6-2-3-7-12(11)13-8-4-5-9-14(13)15-10/h2-9H,1H2. The van der Waals surface area contributed by atoms with E-state index in [2.05, 4.69) is 30.1 Å². The second-order valence-corrected chi connectivity index (χ2v) is 3.62. The Morgan fingerprint density at radius 2 is 1.33 bits per heavy atom. The minimum atomic E-state index is 0.851. The van der Waals surface area contributed by atoms with Crippen LogP contribution in [0.1, 0.15) is 5.69 Å². The number of aromatic nitrogens is 1. The summed E-state index contributed by atoms with van der Waals surface area (Å²) in [6.45, 7) is 3.99. The third-order valence-corrected chi connectivity index (χ3v) is 2.69. The number of fused-ring (bicyclic) bond motifs is 3. The molecule has 71 valence electrons. The second kappa shape index (κ2) is 3.06. The van der Waals surface area contributed by atoms with E-state index < -0.39 is 0 Å². The van der Waals surface area contributed by atoms with E-state index in [1.165, 1.54) is 10.8 Å². The van der Waals surface area contributed by atoms with Gasteiger partial charge in [0.05, 0.1) is 5.52 Å². The maximum absolute atomic E-state index is 4.49. The third-order valence-electron chi connectivity index (χ3n) is 2.69. The Hall–Kier alpha value is -1.89. The average Bonchev–Trinajstić information content (AvgIpc) is 2.30. The lowest BCUT2D eigenvalue weighted by molar-refractivity contribution is 1.37. The Labute approximate surface area is 88.4 Å². The monoisotopic (exact) mass is 192 g/mol. The minimum absolute atomic E-state index is 0.851. The average molecular weight is 192 g/mol. The lowest BCUT2D eigenvalue weighted by atomic mass is 10.0. The van der Waals surface area contributed by atoms with Crippen LogP contribution in [0.4, 0.5) is 0 Å². The zero-order valence-corrected chi connectivity index (χ0v) is 8.27. The number of pyridine rings is 1. The lowest BCUT2D eigenvalue weighted by Crippen LogP contribution is -1.86. The van der Waals surface area contributed by atoms with Gasteiger partial charge in [0.15, 0.2) is 0 Å². The van der Waals surface area contributed by atoms with Gasteiger partial charge >= 0.3 is 0 Å². The fraction of sp³-hybridized carbons (Fsp3) is 0. The Balaban J connectivity index is 2.64. The van der Waals surface area contributed by atoms with Gasteiger partial charge < -0.3 is 0 Å². The molecule has 2 aromatic carbocycles. The largest absolute Gasteiger partial charge is 0.252 e. The van der Waals surface area contributed by atoms with Crippen molar-refractivity contribution in [3.8, 4) is 0 Å². The van der Waals surface area contributed by atoms with Gasteiger partial charge in [0, 0.05) is 16.5 Å². The first kappa shape index (κ1) is 8.42.